The number of nitrogens with zero attached hydrogens (tertiary/aromatic N) is 1. The Kier molecular flexibility index (Phi) is 6.17. The first kappa shape index (κ1) is 20.7. The number of anilines is 2. The predicted molar refractivity (Wildman–Crippen MR) is 110 cm³/mol. The Bertz CT molecular complexity index is 1110. The standard InChI is InChI=1S/C22H18FN3O4/c1-13-5-6-16(12-24-13)14-3-2-4-15(9-14)20(27)11-21(28)25-19-10-17(23)7-8-18(19)26-22(29)30/h2-10,12,26H,11H2,1H3,(H,25,28)(H,29,30). The van der Waals surface area contributed by atoms with E-state index in [-0.39, 0.29) is 11.4 Å². The van der Waals surface area contributed by atoms with Gasteiger partial charge in [-0.2, -0.15) is 0 Å². The Hall–Kier alpha value is -4.07. The summed E-state index contributed by atoms with van der Waals surface area (Å²) in [6.07, 6.45) is -0.152. The van der Waals surface area contributed by atoms with E-state index in [2.05, 4.69) is 15.6 Å². The minimum absolute atomic E-state index is 0.00133. The van der Waals surface area contributed by atoms with E-state index in [1.807, 2.05) is 25.1 Å². The molecule has 0 radical (unpaired) electrons. The number of carboxylic acid groups (broad SMARTS) is 1. The minimum atomic E-state index is -1.37. The van der Waals surface area contributed by atoms with Gasteiger partial charge in [0, 0.05) is 23.0 Å². The molecule has 0 atom stereocenters. The van der Waals surface area contributed by atoms with Crippen LogP contribution in [0.2, 0.25) is 0 Å². The summed E-state index contributed by atoms with van der Waals surface area (Å²) < 4.78 is 13.5. The van der Waals surface area contributed by atoms with E-state index < -0.39 is 30.0 Å². The Balaban J connectivity index is 1.73. The van der Waals surface area contributed by atoms with Crippen LogP contribution in [0.5, 0.6) is 0 Å². The molecule has 0 unspecified atom stereocenters. The van der Waals surface area contributed by atoms with Gasteiger partial charge >= 0.3 is 6.09 Å². The summed E-state index contributed by atoms with van der Waals surface area (Å²) in [5.41, 5.74) is 2.76. The fourth-order valence-electron chi connectivity index (χ4n) is 2.80. The third-order valence-corrected chi connectivity index (χ3v) is 4.25. The number of carbonyl (C=O) groups excluding carboxylic acids is 2. The van der Waals surface area contributed by atoms with Gasteiger partial charge in [0.1, 0.15) is 5.82 Å². The average Bonchev–Trinajstić information content (AvgIpc) is 2.70. The molecule has 3 aromatic rings. The molecule has 2 amide bonds. The predicted octanol–water partition coefficient (Wildman–Crippen LogP) is 4.50. The number of ketones is 1. The average molecular weight is 407 g/mol. The molecule has 0 bridgehead atoms. The van der Waals surface area contributed by atoms with E-state index in [1.165, 1.54) is 6.07 Å². The zero-order valence-electron chi connectivity index (χ0n) is 16.0. The summed E-state index contributed by atoms with van der Waals surface area (Å²) in [5, 5.41) is 13.3. The van der Waals surface area contributed by atoms with Gasteiger partial charge < -0.3 is 10.4 Å². The highest BCUT2D eigenvalue weighted by Crippen LogP contribution is 2.24. The van der Waals surface area contributed by atoms with Crippen LogP contribution in [0.15, 0.2) is 60.8 Å². The molecule has 0 aliphatic heterocycles. The lowest BCUT2D eigenvalue weighted by Gasteiger charge is -2.11. The van der Waals surface area contributed by atoms with E-state index in [0.717, 1.165) is 29.0 Å². The van der Waals surface area contributed by atoms with Gasteiger partial charge in [-0.15, -0.1) is 0 Å². The summed E-state index contributed by atoms with van der Waals surface area (Å²) in [6.45, 7) is 1.87. The molecule has 0 aliphatic rings. The van der Waals surface area contributed by atoms with Crippen molar-refractivity contribution in [1.29, 1.82) is 0 Å². The number of nitrogens with one attached hydrogen (secondary N) is 2. The molecule has 1 aromatic heterocycles. The second-order valence-corrected chi connectivity index (χ2v) is 6.54. The molecular weight excluding hydrogens is 389 g/mol. The SMILES string of the molecule is Cc1ccc(-c2cccc(C(=O)CC(=O)Nc3cc(F)ccc3NC(=O)O)c2)cn1. The smallest absolute Gasteiger partial charge is 0.409 e. The Morgan fingerprint density at radius 3 is 2.47 bits per heavy atom. The number of pyridine rings is 1. The fraction of sp³-hybridized carbons (Fsp3) is 0.0909. The zero-order valence-corrected chi connectivity index (χ0v) is 16.0. The van der Waals surface area contributed by atoms with E-state index in [9.17, 15) is 18.8 Å². The number of amides is 2. The summed E-state index contributed by atoms with van der Waals surface area (Å²) in [7, 11) is 0. The van der Waals surface area contributed by atoms with Gasteiger partial charge in [0.25, 0.3) is 0 Å². The van der Waals surface area contributed by atoms with Crippen LogP contribution in [0.3, 0.4) is 0 Å². The molecule has 152 valence electrons. The highest BCUT2D eigenvalue weighted by atomic mass is 19.1. The molecule has 30 heavy (non-hydrogen) atoms. The first-order chi connectivity index (χ1) is 14.3. The van der Waals surface area contributed by atoms with Crippen molar-refractivity contribution < 1.29 is 23.9 Å². The van der Waals surface area contributed by atoms with E-state index >= 15 is 0 Å². The molecule has 1 heterocycles. The van der Waals surface area contributed by atoms with Crippen LogP contribution in [-0.4, -0.2) is 27.9 Å². The van der Waals surface area contributed by atoms with Crippen LogP contribution in [0.4, 0.5) is 20.6 Å². The van der Waals surface area contributed by atoms with Gasteiger partial charge in [-0.25, -0.2) is 9.18 Å². The second kappa shape index (κ2) is 8.95. The summed E-state index contributed by atoms with van der Waals surface area (Å²) >= 11 is 0. The maximum atomic E-state index is 13.5. The lowest BCUT2D eigenvalue weighted by molar-refractivity contribution is -0.115. The lowest BCUT2D eigenvalue weighted by Crippen LogP contribution is -2.18. The number of rotatable bonds is 6. The van der Waals surface area contributed by atoms with Crippen molar-refractivity contribution in [2.45, 2.75) is 13.3 Å². The minimum Gasteiger partial charge on any atom is -0.465 e. The molecule has 0 saturated heterocycles. The highest BCUT2D eigenvalue weighted by molar-refractivity contribution is 6.12. The molecule has 3 N–H and O–H groups in total. The number of carbonyl (C=O) groups is 3. The van der Waals surface area contributed by atoms with Crippen LogP contribution in [0, 0.1) is 12.7 Å². The summed E-state index contributed by atoms with van der Waals surface area (Å²) in [6, 6.07) is 13.8. The van der Waals surface area contributed by atoms with Crippen molar-refractivity contribution in [2.75, 3.05) is 10.6 Å². The van der Waals surface area contributed by atoms with Gasteiger partial charge in [0.2, 0.25) is 5.91 Å². The number of hydrogen-bond acceptors (Lipinski definition) is 4. The van der Waals surface area contributed by atoms with Gasteiger partial charge in [0.15, 0.2) is 5.78 Å². The lowest BCUT2D eigenvalue weighted by atomic mass is 10.0. The number of aryl methyl sites for hydroxylation is 1. The molecule has 0 fully saturated rings. The third-order valence-electron chi connectivity index (χ3n) is 4.25. The largest absolute Gasteiger partial charge is 0.465 e. The van der Waals surface area contributed by atoms with Crippen LogP contribution in [-0.2, 0) is 4.79 Å². The molecule has 7 nitrogen and oxygen atoms in total. The molecule has 2 aromatic carbocycles. The number of aromatic nitrogens is 1. The van der Waals surface area contributed by atoms with E-state index in [0.29, 0.717) is 5.56 Å². The zero-order chi connectivity index (χ0) is 21.7. The normalized spacial score (nSPS) is 10.3. The van der Waals surface area contributed by atoms with E-state index in [4.69, 9.17) is 5.11 Å². The quantitative estimate of drug-likeness (QED) is 0.412. The number of halogens is 1. The van der Waals surface area contributed by atoms with E-state index in [1.54, 1.807) is 24.4 Å². The van der Waals surface area contributed by atoms with Crippen molar-refractivity contribution in [3.05, 3.63) is 77.9 Å². The summed E-state index contributed by atoms with van der Waals surface area (Å²) in [4.78, 5) is 39.9. The van der Waals surface area contributed by atoms with Gasteiger partial charge in [-0.3, -0.25) is 19.9 Å². The van der Waals surface area contributed by atoms with Gasteiger partial charge in [-0.05, 0) is 42.8 Å². The number of Topliss-reactive ketones (excluding diaryl/α,β-unsaturated/α-hetero) is 1. The molecular formula is C22H18FN3O4. The Morgan fingerprint density at radius 2 is 1.77 bits per heavy atom. The van der Waals surface area contributed by atoms with Crippen molar-refractivity contribution in [2.24, 2.45) is 0 Å². The highest BCUT2D eigenvalue weighted by Gasteiger charge is 2.15. The Morgan fingerprint density at radius 1 is 0.967 bits per heavy atom. The van der Waals surface area contributed by atoms with Crippen molar-refractivity contribution >= 4 is 29.2 Å². The van der Waals surface area contributed by atoms with Gasteiger partial charge in [-0.1, -0.05) is 24.3 Å². The first-order valence-corrected chi connectivity index (χ1v) is 8.97. The monoisotopic (exact) mass is 407 g/mol. The van der Waals surface area contributed by atoms with Crippen molar-refractivity contribution in [3.63, 3.8) is 0 Å². The number of hydrogen-bond donors (Lipinski definition) is 3. The first-order valence-electron chi connectivity index (χ1n) is 8.97. The molecule has 0 saturated carbocycles. The topological polar surface area (TPSA) is 108 Å². The molecule has 0 aliphatic carbocycles. The summed E-state index contributed by atoms with van der Waals surface area (Å²) in [5.74, 6) is -1.79. The van der Waals surface area contributed by atoms with Gasteiger partial charge in [0.05, 0.1) is 17.8 Å². The number of benzene rings is 2. The second-order valence-electron chi connectivity index (χ2n) is 6.54. The Labute approximate surface area is 171 Å². The van der Waals surface area contributed by atoms with Crippen LogP contribution in [0.1, 0.15) is 22.5 Å². The van der Waals surface area contributed by atoms with Crippen LogP contribution >= 0.6 is 0 Å². The maximum Gasteiger partial charge on any atom is 0.409 e. The maximum absolute atomic E-state index is 13.5. The molecule has 8 heteroatoms. The third kappa shape index (κ3) is 5.26. The van der Waals surface area contributed by atoms with Crippen molar-refractivity contribution in [1.82, 2.24) is 4.98 Å². The fourth-order valence-corrected chi connectivity index (χ4v) is 2.80. The van der Waals surface area contributed by atoms with Crippen molar-refractivity contribution in [3.8, 4) is 11.1 Å². The van der Waals surface area contributed by atoms with Crippen LogP contribution in [0.25, 0.3) is 11.1 Å². The molecule has 0 spiro atoms. The van der Waals surface area contributed by atoms with Crippen LogP contribution < -0.4 is 10.6 Å². The molecule has 3 rings (SSSR count).